The lowest BCUT2D eigenvalue weighted by Crippen LogP contribution is -2.13. The van der Waals surface area contributed by atoms with Crippen molar-refractivity contribution in [2.75, 3.05) is 0 Å². The van der Waals surface area contributed by atoms with E-state index >= 15 is 0 Å². The van der Waals surface area contributed by atoms with Gasteiger partial charge >= 0.3 is 0 Å². The molecule has 2 rings (SSSR count). The molecule has 0 aliphatic heterocycles. The molecule has 0 nitrogen and oxygen atoms in total. The summed E-state index contributed by atoms with van der Waals surface area (Å²) in [5.41, 5.74) is 3.15. The molecule has 0 bridgehead atoms. The van der Waals surface area contributed by atoms with E-state index in [1.807, 2.05) is 0 Å². The lowest BCUT2D eigenvalue weighted by Gasteiger charge is -2.26. The summed E-state index contributed by atoms with van der Waals surface area (Å²) in [4.78, 5) is 0. The molecule has 1 fully saturated rings. The molecule has 0 heterocycles. The largest absolute Gasteiger partial charge is 0.0933 e. The smallest absolute Gasteiger partial charge is 0.0175 e. The third-order valence-electron chi connectivity index (χ3n) is 3.99. The maximum atomic E-state index is 5.64. The molecule has 1 saturated carbocycles. The van der Waals surface area contributed by atoms with Gasteiger partial charge in [0.1, 0.15) is 0 Å². The van der Waals surface area contributed by atoms with Crippen molar-refractivity contribution in [3.63, 3.8) is 0 Å². The van der Waals surface area contributed by atoms with E-state index in [9.17, 15) is 0 Å². The van der Waals surface area contributed by atoms with Crippen LogP contribution in [0.5, 0.6) is 0 Å². The van der Waals surface area contributed by atoms with Crippen molar-refractivity contribution in [2.24, 2.45) is 11.8 Å². The molecule has 2 heteroatoms. The highest BCUT2D eigenvalue weighted by atomic mass is 79.9. The lowest BCUT2D eigenvalue weighted by molar-refractivity contribution is 0.296. The zero-order valence-corrected chi connectivity index (χ0v) is 13.0. The molecule has 1 aliphatic rings. The maximum Gasteiger partial charge on any atom is 0.0175 e. The SMILES string of the molecule is Cl/C=C/C1CCC(CCc2ccc(Br)cc2)CC1. The van der Waals surface area contributed by atoms with Crippen molar-refractivity contribution in [3.8, 4) is 0 Å². The first kappa shape index (κ1) is 14.1. The van der Waals surface area contributed by atoms with Crippen LogP contribution in [0, 0.1) is 11.8 Å². The van der Waals surface area contributed by atoms with Crippen molar-refractivity contribution in [1.29, 1.82) is 0 Å². The molecule has 0 amide bonds. The molecule has 1 aliphatic carbocycles. The Morgan fingerprint density at radius 3 is 2.39 bits per heavy atom. The Bertz CT molecular complexity index is 375. The minimum atomic E-state index is 0.728. The molecule has 0 unspecified atom stereocenters. The molecular weight excluding hydrogens is 308 g/mol. The van der Waals surface area contributed by atoms with Gasteiger partial charge in [0, 0.05) is 10.0 Å². The van der Waals surface area contributed by atoms with E-state index in [0.717, 1.165) is 11.8 Å². The summed E-state index contributed by atoms with van der Waals surface area (Å²) < 4.78 is 1.17. The van der Waals surface area contributed by atoms with Gasteiger partial charge in [0.25, 0.3) is 0 Å². The van der Waals surface area contributed by atoms with Gasteiger partial charge in [0.15, 0.2) is 0 Å². The van der Waals surface area contributed by atoms with Gasteiger partial charge in [-0.15, -0.1) is 0 Å². The second kappa shape index (κ2) is 7.35. The number of rotatable bonds is 4. The van der Waals surface area contributed by atoms with E-state index in [-0.39, 0.29) is 0 Å². The molecule has 0 radical (unpaired) electrons. The lowest BCUT2D eigenvalue weighted by atomic mass is 9.79. The third kappa shape index (κ3) is 4.44. The zero-order valence-electron chi connectivity index (χ0n) is 10.6. The quantitative estimate of drug-likeness (QED) is 0.642. The molecule has 18 heavy (non-hydrogen) atoms. The predicted molar refractivity (Wildman–Crippen MR) is 82.9 cm³/mol. The summed E-state index contributed by atoms with van der Waals surface area (Å²) in [6.45, 7) is 0. The van der Waals surface area contributed by atoms with Crippen LogP contribution in [0.2, 0.25) is 0 Å². The van der Waals surface area contributed by atoms with E-state index in [4.69, 9.17) is 11.6 Å². The number of allylic oxidation sites excluding steroid dienone is 1. The topological polar surface area (TPSA) is 0 Å². The highest BCUT2D eigenvalue weighted by molar-refractivity contribution is 9.10. The first-order chi connectivity index (χ1) is 8.78. The van der Waals surface area contributed by atoms with Crippen LogP contribution in [0.1, 0.15) is 37.7 Å². The fourth-order valence-electron chi connectivity index (χ4n) is 2.79. The monoisotopic (exact) mass is 326 g/mol. The molecule has 0 aromatic heterocycles. The minimum Gasteiger partial charge on any atom is -0.0933 e. The molecule has 0 saturated heterocycles. The Morgan fingerprint density at radius 1 is 1.11 bits per heavy atom. The Hall–Kier alpha value is -0.270. The minimum absolute atomic E-state index is 0.728. The summed E-state index contributed by atoms with van der Waals surface area (Å²) >= 11 is 9.12. The molecule has 0 spiro atoms. The van der Waals surface area contributed by atoms with Gasteiger partial charge in [0.2, 0.25) is 0 Å². The van der Waals surface area contributed by atoms with Gasteiger partial charge in [-0.1, -0.05) is 45.7 Å². The van der Waals surface area contributed by atoms with Gasteiger partial charge in [-0.2, -0.15) is 0 Å². The Balaban J connectivity index is 1.73. The fourth-order valence-corrected chi connectivity index (χ4v) is 3.26. The maximum absolute atomic E-state index is 5.64. The van der Waals surface area contributed by atoms with Crippen molar-refractivity contribution < 1.29 is 0 Å². The Morgan fingerprint density at radius 2 is 1.78 bits per heavy atom. The molecule has 0 atom stereocenters. The van der Waals surface area contributed by atoms with Crippen molar-refractivity contribution in [2.45, 2.75) is 38.5 Å². The van der Waals surface area contributed by atoms with Crippen LogP contribution in [0.25, 0.3) is 0 Å². The fraction of sp³-hybridized carbons (Fsp3) is 0.500. The number of hydrogen-bond acceptors (Lipinski definition) is 0. The Labute approximate surface area is 124 Å². The summed E-state index contributed by atoms with van der Waals surface area (Å²) in [7, 11) is 0. The first-order valence-corrected chi connectivity index (χ1v) is 8.02. The van der Waals surface area contributed by atoms with Crippen LogP contribution in [0.3, 0.4) is 0 Å². The summed E-state index contributed by atoms with van der Waals surface area (Å²) in [5, 5.41) is 0. The summed E-state index contributed by atoms with van der Waals surface area (Å²) in [6, 6.07) is 8.73. The average molecular weight is 328 g/mol. The number of benzene rings is 1. The number of halogens is 2. The van der Waals surface area contributed by atoms with Gasteiger partial charge in [-0.3, -0.25) is 0 Å². The standard InChI is InChI=1S/C16H20BrCl/c17-16-9-7-14(8-10-16)2-1-13-3-5-15(6-4-13)11-12-18/h7-13,15H,1-6H2/b12-11+. The second-order valence-electron chi connectivity index (χ2n) is 5.26. The molecule has 1 aromatic carbocycles. The zero-order chi connectivity index (χ0) is 12.8. The highest BCUT2D eigenvalue weighted by Gasteiger charge is 2.19. The molecule has 0 N–H and O–H groups in total. The van der Waals surface area contributed by atoms with Crippen LogP contribution < -0.4 is 0 Å². The van der Waals surface area contributed by atoms with Crippen LogP contribution in [0.15, 0.2) is 40.3 Å². The third-order valence-corrected chi connectivity index (χ3v) is 4.66. The van der Waals surface area contributed by atoms with Gasteiger partial charge in [-0.25, -0.2) is 0 Å². The van der Waals surface area contributed by atoms with E-state index in [0.29, 0.717) is 0 Å². The van der Waals surface area contributed by atoms with E-state index in [1.165, 1.54) is 48.6 Å². The second-order valence-corrected chi connectivity index (χ2v) is 6.43. The number of aryl methyl sites for hydroxylation is 1. The van der Waals surface area contributed by atoms with Crippen LogP contribution >= 0.6 is 27.5 Å². The molecule has 98 valence electrons. The Kier molecular flexibility index (Phi) is 5.78. The van der Waals surface area contributed by atoms with E-state index in [1.54, 1.807) is 5.54 Å². The van der Waals surface area contributed by atoms with Gasteiger partial charge in [0.05, 0.1) is 0 Å². The van der Waals surface area contributed by atoms with Gasteiger partial charge in [-0.05, 0) is 68.1 Å². The molecule has 1 aromatic rings. The highest BCUT2D eigenvalue weighted by Crippen LogP contribution is 2.32. The summed E-state index contributed by atoms with van der Waals surface area (Å²) in [6.07, 6.45) is 10.1. The average Bonchev–Trinajstić information content (AvgIpc) is 2.40. The van der Waals surface area contributed by atoms with E-state index in [2.05, 4.69) is 46.3 Å². The van der Waals surface area contributed by atoms with Crippen molar-refractivity contribution in [3.05, 3.63) is 45.9 Å². The van der Waals surface area contributed by atoms with Crippen LogP contribution in [-0.4, -0.2) is 0 Å². The van der Waals surface area contributed by atoms with E-state index < -0.39 is 0 Å². The van der Waals surface area contributed by atoms with Crippen molar-refractivity contribution >= 4 is 27.5 Å². The first-order valence-electron chi connectivity index (χ1n) is 6.79. The van der Waals surface area contributed by atoms with Crippen LogP contribution in [0.4, 0.5) is 0 Å². The summed E-state index contributed by atoms with van der Waals surface area (Å²) in [5.74, 6) is 1.64. The van der Waals surface area contributed by atoms with Crippen LogP contribution in [-0.2, 0) is 6.42 Å². The molecular formula is C16H20BrCl. The normalized spacial score (nSPS) is 24.6. The van der Waals surface area contributed by atoms with Crippen molar-refractivity contribution in [1.82, 2.24) is 0 Å². The van der Waals surface area contributed by atoms with Gasteiger partial charge < -0.3 is 0 Å². The predicted octanol–water partition coefficient (Wildman–Crippen LogP) is 5.94. The number of hydrogen-bond donors (Lipinski definition) is 0.